The molecule has 8 heteroatoms. The molecule has 0 bridgehead atoms. The van der Waals surface area contributed by atoms with Gasteiger partial charge in [0.25, 0.3) is 0 Å². The number of hydrogen-bond donors (Lipinski definition) is 2. The number of amides is 1. The van der Waals surface area contributed by atoms with E-state index in [2.05, 4.69) is 15.6 Å². The Morgan fingerprint density at radius 1 is 1.42 bits per heavy atom. The smallest absolute Gasteiger partial charge is 0.358 e. The summed E-state index contributed by atoms with van der Waals surface area (Å²) in [6.45, 7) is 7.00. The first-order valence-corrected chi connectivity index (χ1v) is 5.98. The van der Waals surface area contributed by atoms with Crippen LogP contribution in [0.5, 0.6) is 0 Å². The lowest BCUT2D eigenvalue weighted by atomic mass is 10.3. The highest BCUT2D eigenvalue weighted by Crippen LogP contribution is 2.24. The van der Waals surface area contributed by atoms with Crippen LogP contribution >= 0.6 is 0 Å². The van der Waals surface area contributed by atoms with Crippen LogP contribution in [-0.2, 0) is 11.8 Å². The van der Waals surface area contributed by atoms with Gasteiger partial charge in [0.05, 0.1) is 0 Å². The fourth-order valence-corrected chi connectivity index (χ4v) is 1.56. The van der Waals surface area contributed by atoms with Gasteiger partial charge in [-0.15, -0.1) is 0 Å². The summed E-state index contributed by atoms with van der Waals surface area (Å²) in [5, 5.41) is 16.5. The van der Waals surface area contributed by atoms with Gasteiger partial charge in [0.2, 0.25) is 17.5 Å². The summed E-state index contributed by atoms with van der Waals surface area (Å²) in [7, 11) is 1.66. The van der Waals surface area contributed by atoms with Crippen LogP contribution in [0.15, 0.2) is 0 Å². The number of nitrogens with one attached hydrogen (secondary N) is 2. The van der Waals surface area contributed by atoms with Gasteiger partial charge < -0.3 is 20.7 Å². The largest absolute Gasteiger partial charge is 0.406 e. The van der Waals surface area contributed by atoms with E-state index in [1.54, 1.807) is 25.5 Å². The van der Waals surface area contributed by atoms with Gasteiger partial charge in [-0.05, 0) is 30.7 Å². The molecule has 2 N–H and O–H groups in total. The molecule has 1 heterocycles. The standard InChI is InChI=1S/C11H19N5O3/c1-6(2)12-11(17)7(3)13-9-10(16(18)19)14-8(4)15(9)5/h6-7,13H,1-5H3,(H,12,17). The van der Waals surface area contributed by atoms with Crippen molar-refractivity contribution in [3.8, 4) is 0 Å². The quantitative estimate of drug-likeness (QED) is 0.612. The molecule has 1 aromatic rings. The molecule has 19 heavy (non-hydrogen) atoms. The molecule has 0 aromatic carbocycles. The molecule has 1 unspecified atom stereocenters. The van der Waals surface area contributed by atoms with Crippen molar-refractivity contribution in [3.63, 3.8) is 0 Å². The van der Waals surface area contributed by atoms with Crippen LogP contribution in [0, 0.1) is 17.0 Å². The van der Waals surface area contributed by atoms with E-state index in [0.717, 1.165) is 0 Å². The molecular formula is C11H19N5O3. The first-order valence-electron chi connectivity index (χ1n) is 5.98. The lowest BCUT2D eigenvalue weighted by Crippen LogP contribution is -2.41. The Morgan fingerprint density at radius 3 is 2.47 bits per heavy atom. The van der Waals surface area contributed by atoms with Crippen LogP contribution < -0.4 is 10.6 Å². The molecular weight excluding hydrogens is 250 g/mol. The molecule has 1 atom stereocenters. The van der Waals surface area contributed by atoms with Crippen LogP contribution in [0.1, 0.15) is 26.6 Å². The maximum atomic E-state index is 11.8. The molecule has 0 radical (unpaired) electrons. The second-order valence-electron chi connectivity index (χ2n) is 4.68. The number of nitrogens with zero attached hydrogens (tertiary/aromatic N) is 3. The minimum Gasteiger partial charge on any atom is -0.358 e. The van der Waals surface area contributed by atoms with E-state index < -0.39 is 11.0 Å². The number of rotatable bonds is 5. The SMILES string of the molecule is Cc1nc([N+](=O)[O-])c(NC(C)C(=O)NC(C)C)n1C. The summed E-state index contributed by atoms with van der Waals surface area (Å²) >= 11 is 0. The van der Waals surface area contributed by atoms with E-state index in [1.807, 2.05) is 13.8 Å². The van der Waals surface area contributed by atoms with Gasteiger partial charge in [0, 0.05) is 20.0 Å². The summed E-state index contributed by atoms with van der Waals surface area (Å²) in [6.07, 6.45) is 0. The predicted molar refractivity (Wildman–Crippen MR) is 71.0 cm³/mol. The fraction of sp³-hybridized carbons (Fsp3) is 0.636. The van der Waals surface area contributed by atoms with Gasteiger partial charge in [-0.1, -0.05) is 0 Å². The van der Waals surface area contributed by atoms with Crippen molar-refractivity contribution in [2.45, 2.75) is 39.8 Å². The monoisotopic (exact) mass is 269 g/mol. The third-order valence-electron chi connectivity index (χ3n) is 2.65. The maximum Gasteiger partial charge on any atom is 0.406 e. The van der Waals surface area contributed by atoms with E-state index in [4.69, 9.17) is 0 Å². The number of hydrogen-bond acceptors (Lipinski definition) is 5. The second kappa shape index (κ2) is 5.68. The van der Waals surface area contributed by atoms with Crippen LogP contribution in [-0.4, -0.2) is 32.5 Å². The number of imidazole rings is 1. The Hall–Kier alpha value is -2.12. The lowest BCUT2D eigenvalue weighted by Gasteiger charge is -2.16. The van der Waals surface area contributed by atoms with Gasteiger partial charge >= 0.3 is 5.82 Å². The Morgan fingerprint density at radius 2 is 2.00 bits per heavy atom. The van der Waals surface area contributed by atoms with Gasteiger partial charge in [-0.2, -0.15) is 0 Å². The van der Waals surface area contributed by atoms with Crippen LogP contribution in [0.4, 0.5) is 11.6 Å². The first-order chi connectivity index (χ1) is 8.73. The highest BCUT2D eigenvalue weighted by Gasteiger charge is 2.26. The number of nitro groups is 1. The zero-order chi connectivity index (χ0) is 14.7. The summed E-state index contributed by atoms with van der Waals surface area (Å²) in [5.74, 6) is 0.243. The predicted octanol–water partition coefficient (Wildman–Crippen LogP) is 0.962. The third kappa shape index (κ3) is 3.43. The first kappa shape index (κ1) is 14.9. The molecule has 1 rings (SSSR count). The van der Waals surface area contributed by atoms with Crippen LogP contribution in [0.3, 0.4) is 0 Å². The molecule has 1 amide bonds. The average molecular weight is 269 g/mol. The summed E-state index contributed by atoms with van der Waals surface area (Å²) in [5.41, 5.74) is 0. The minimum atomic E-state index is -0.587. The Kier molecular flexibility index (Phi) is 4.47. The molecule has 0 aliphatic rings. The molecule has 0 spiro atoms. The van der Waals surface area contributed by atoms with Crippen LogP contribution in [0.2, 0.25) is 0 Å². The highest BCUT2D eigenvalue weighted by molar-refractivity contribution is 5.84. The number of anilines is 1. The van der Waals surface area contributed by atoms with Crippen molar-refractivity contribution >= 4 is 17.5 Å². The van der Waals surface area contributed by atoms with E-state index in [9.17, 15) is 14.9 Å². The Labute approximate surface area is 111 Å². The molecule has 0 saturated carbocycles. The third-order valence-corrected chi connectivity index (χ3v) is 2.65. The van der Waals surface area contributed by atoms with Crippen LogP contribution in [0.25, 0.3) is 0 Å². The molecule has 0 fully saturated rings. The molecule has 1 aromatic heterocycles. The Bertz CT molecular complexity index is 495. The van der Waals surface area contributed by atoms with Crippen molar-refractivity contribution in [2.24, 2.45) is 7.05 Å². The van der Waals surface area contributed by atoms with Crippen molar-refractivity contribution in [1.82, 2.24) is 14.9 Å². The molecule has 0 aliphatic carbocycles. The van der Waals surface area contributed by atoms with E-state index >= 15 is 0 Å². The van der Waals surface area contributed by atoms with Crippen molar-refractivity contribution in [3.05, 3.63) is 15.9 Å². The van der Waals surface area contributed by atoms with Crippen molar-refractivity contribution in [1.29, 1.82) is 0 Å². The summed E-state index contributed by atoms with van der Waals surface area (Å²) in [6, 6.07) is -0.573. The normalized spacial score (nSPS) is 12.3. The lowest BCUT2D eigenvalue weighted by molar-refractivity contribution is -0.388. The van der Waals surface area contributed by atoms with E-state index in [0.29, 0.717) is 5.82 Å². The van der Waals surface area contributed by atoms with Gasteiger partial charge in [0.1, 0.15) is 6.04 Å². The van der Waals surface area contributed by atoms with E-state index in [-0.39, 0.29) is 23.6 Å². The van der Waals surface area contributed by atoms with Gasteiger partial charge in [0.15, 0.2) is 0 Å². The van der Waals surface area contributed by atoms with Gasteiger partial charge in [-0.25, -0.2) is 0 Å². The summed E-state index contributed by atoms with van der Waals surface area (Å²) < 4.78 is 1.55. The minimum absolute atomic E-state index is 0.0139. The molecule has 8 nitrogen and oxygen atoms in total. The zero-order valence-electron chi connectivity index (χ0n) is 11.7. The number of carbonyl (C=O) groups is 1. The average Bonchev–Trinajstić information content (AvgIpc) is 2.56. The summed E-state index contributed by atoms with van der Waals surface area (Å²) in [4.78, 5) is 26.0. The number of aromatic nitrogens is 2. The van der Waals surface area contributed by atoms with E-state index in [1.165, 1.54) is 0 Å². The number of carbonyl (C=O) groups excluding carboxylic acids is 1. The fourth-order valence-electron chi connectivity index (χ4n) is 1.56. The molecule has 106 valence electrons. The van der Waals surface area contributed by atoms with Crippen molar-refractivity contribution in [2.75, 3.05) is 5.32 Å². The topological polar surface area (TPSA) is 102 Å². The van der Waals surface area contributed by atoms with Gasteiger partial charge in [-0.3, -0.25) is 9.36 Å². The van der Waals surface area contributed by atoms with Crippen molar-refractivity contribution < 1.29 is 9.72 Å². The zero-order valence-corrected chi connectivity index (χ0v) is 11.7. The molecule has 0 aliphatic heterocycles. The molecule has 0 saturated heterocycles. The maximum absolute atomic E-state index is 11.8. The Balaban J connectivity index is 2.93. The highest BCUT2D eigenvalue weighted by atomic mass is 16.6. The number of aryl methyl sites for hydroxylation is 1. The second-order valence-corrected chi connectivity index (χ2v) is 4.68.